The largest absolute Gasteiger partial charge is 0.294 e. The van der Waals surface area contributed by atoms with E-state index in [1.165, 1.54) is 11.1 Å². The van der Waals surface area contributed by atoms with Crippen molar-refractivity contribution in [2.45, 2.75) is 39.5 Å². The maximum atomic E-state index is 12.5. The number of carbonyl (C=O) groups is 1. The lowest BCUT2D eigenvalue weighted by molar-refractivity contribution is -0.120. The van der Waals surface area contributed by atoms with E-state index in [0.29, 0.717) is 0 Å². The van der Waals surface area contributed by atoms with Gasteiger partial charge in [-0.3, -0.25) is 4.79 Å². The standard InChI is InChI=1S/C17H20O/c1-12(2)9-10-17(4)15-8-6-5-7-14(15)11-13(3)16(17)18/h5-9,11H,10H2,1-4H3. The summed E-state index contributed by atoms with van der Waals surface area (Å²) in [5.74, 6) is 0.249. The van der Waals surface area contributed by atoms with Gasteiger partial charge in [0.2, 0.25) is 0 Å². The number of fused-ring (bicyclic) bond motifs is 1. The Morgan fingerprint density at radius 2 is 1.94 bits per heavy atom. The lowest BCUT2D eigenvalue weighted by Crippen LogP contribution is -2.35. The van der Waals surface area contributed by atoms with Gasteiger partial charge >= 0.3 is 0 Å². The number of rotatable bonds is 2. The number of benzene rings is 1. The van der Waals surface area contributed by atoms with Crippen molar-refractivity contribution >= 4 is 11.9 Å². The Bertz CT molecular complexity index is 544. The van der Waals surface area contributed by atoms with Crippen molar-refractivity contribution < 1.29 is 4.79 Å². The van der Waals surface area contributed by atoms with Crippen LogP contribution >= 0.6 is 0 Å². The molecule has 1 atom stereocenters. The van der Waals surface area contributed by atoms with Crippen LogP contribution in [0.25, 0.3) is 6.08 Å². The maximum Gasteiger partial charge on any atom is 0.169 e. The Labute approximate surface area is 109 Å². The van der Waals surface area contributed by atoms with Crippen LogP contribution < -0.4 is 0 Å². The van der Waals surface area contributed by atoms with Crippen LogP contribution in [0.1, 0.15) is 45.2 Å². The first kappa shape index (κ1) is 12.8. The molecule has 0 aromatic heterocycles. The zero-order chi connectivity index (χ0) is 13.3. The summed E-state index contributed by atoms with van der Waals surface area (Å²) in [5, 5.41) is 0. The molecular formula is C17H20O. The number of hydrogen-bond donors (Lipinski definition) is 0. The molecule has 0 bridgehead atoms. The van der Waals surface area contributed by atoms with Gasteiger partial charge in [0.05, 0.1) is 5.41 Å². The van der Waals surface area contributed by atoms with Crippen LogP contribution in [-0.4, -0.2) is 5.78 Å². The highest BCUT2D eigenvalue weighted by Crippen LogP contribution is 2.38. The third-order valence-corrected chi connectivity index (χ3v) is 3.71. The van der Waals surface area contributed by atoms with Crippen molar-refractivity contribution in [1.82, 2.24) is 0 Å². The van der Waals surface area contributed by atoms with Crippen molar-refractivity contribution in [2.24, 2.45) is 0 Å². The summed E-state index contributed by atoms with van der Waals surface area (Å²) in [4.78, 5) is 12.5. The lowest BCUT2D eigenvalue weighted by Gasteiger charge is -2.33. The summed E-state index contributed by atoms with van der Waals surface area (Å²) >= 11 is 0. The first-order chi connectivity index (χ1) is 8.45. The molecule has 1 aliphatic carbocycles. The Kier molecular flexibility index (Phi) is 3.25. The molecule has 1 unspecified atom stereocenters. The summed E-state index contributed by atoms with van der Waals surface area (Å²) < 4.78 is 0. The normalized spacial score (nSPS) is 22.2. The van der Waals surface area contributed by atoms with Crippen molar-refractivity contribution in [3.8, 4) is 0 Å². The van der Waals surface area contributed by atoms with Gasteiger partial charge < -0.3 is 0 Å². The highest BCUT2D eigenvalue weighted by molar-refractivity contribution is 6.09. The molecule has 1 aliphatic rings. The van der Waals surface area contributed by atoms with Crippen LogP contribution in [0.3, 0.4) is 0 Å². The molecule has 94 valence electrons. The maximum absolute atomic E-state index is 12.5. The molecule has 1 nitrogen and oxygen atoms in total. The van der Waals surface area contributed by atoms with E-state index >= 15 is 0 Å². The first-order valence-electron chi connectivity index (χ1n) is 6.41. The van der Waals surface area contributed by atoms with E-state index in [-0.39, 0.29) is 5.78 Å². The molecule has 0 heterocycles. The molecule has 18 heavy (non-hydrogen) atoms. The Morgan fingerprint density at radius 3 is 2.61 bits per heavy atom. The molecule has 0 saturated heterocycles. The van der Waals surface area contributed by atoms with Crippen LogP contribution in [0.5, 0.6) is 0 Å². The van der Waals surface area contributed by atoms with Crippen LogP contribution in [0, 0.1) is 0 Å². The van der Waals surface area contributed by atoms with Gasteiger partial charge in [-0.05, 0) is 56.9 Å². The number of Topliss-reactive ketones (excluding diaryl/α,β-unsaturated/α-hetero) is 1. The Morgan fingerprint density at radius 1 is 1.28 bits per heavy atom. The van der Waals surface area contributed by atoms with Gasteiger partial charge in [0, 0.05) is 0 Å². The molecule has 1 aromatic carbocycles. The smallest absolute Gasteiger partial charge is 0.169 e. The van der Waals surface area contributed by atoms with Crippen molar-refractivity contribution in [1.29, 1.82) is 0 Å². The molecule has 1 heteroatoms. The number of ketones is 1. The molecule has 0 amide bonds. The highest BCUT2D eigenvalue weighted by Gasteiger charge is 2.38. The topological polar surface area (TPSA) is 17.1 Å². The number of carbonyl (C=O) groups excluding carboxylic acids is 1. The first-order valence-corrected chi connectivity index (χ1v) is 6.41. The van der Waals surface area contributed by atoms with Gasteiger partial charge in [0.15, 0.2) is 5.78 Å². The second kappa shape index (κ2) is 4.56. The molecule has 1 aromatic rings. The fourth-order valence-electron chi connectivity index (χ4n) is 2.59. The summed E-state index contributed by atoms with van der Waals surface area (Å²) in [6.45, 7) is 8.12. The fraction of sp³-hybridized carbons (Fsp3) is 0.353. The van der Waals surface area contributed by atoms with Gasteiger partial charge in [-0.15, -0.1) is 0 Å². The summed E-state index contributed by atoms with van der Waals surface area (Å²) in [6, 6.07) is 8.21. The second-order valence-corrected chi connectivity index (χ2v) is 5.56. The van der Waals surface area contributed by atoms with E-state index < -0.39 is 5.41 Å². The summed E-state index contributed by atoms with van der Waals surface area (Å²) in [6.07, 6.45) is 4.94. The molecule has 0 fully saturated rings. The van der Waals surface area contributed by atoms with E-state index in [9.17, 15) is 4.79 Å². The Hall–Kier alpha value is -1.63. The van der Waals surface area contributed by atoms with Crippen LogP contribution in [0.15, 0.2) is 41.5 Å². The zero-order valence-electron chi connectivity index (χ0n) is 11.6. The summed E-state index contributed by atoms with van der Waals surface area (Å²) in [5.41, 5.74) is 4.04. The minimum Gasteiger partial charge on any atom is -0.294 e. The molecule has 2 rings (SSSR count). The van der Waals surface area contributed by atoms with Gasteiger partial charge in [-0.1, -0.05) is 35.9 Å². The number of allylic oxidation sites excluding steroid dienone is 3. The van der Waals surface area contributed by atoms with E-state index in [4.69, 9.17) is 0 Å². The van der Waals surface area contributed by atoms with Crippen molar-refractivity contribution in [3.63, 3.8) is 0 Å². The van der Waals surface area contributed by atoms with Gasteiger partial charge in [0.1, 0.15) is 0 Å². The zero-order valence-corrected chi connectivity index (χ0v) is 11.6. The van der Waals surface area contributed by atoms with E-state index in [1.54, 1.807) is 0 Å². The minimum atomic E-state index is -0.410. The molecule has 0 N–H and O–H groups in total. The Balaban J connectivity index is 2.55. The lowest BCUT2D eigenvalue weighted by atomic mass is 9.68. The average Bonchev–Trinajstić information content (AvgIpc) is 2.34. The third kappa shape index (κ3) is 2.05. The predicted octanol–water partition coefficient (Wildman–Crippen LogP) is 4.29. The molecule has 0 aliphatic heterocycles. The van der Waals surface area contributed by atoms with E-state index in [2.05, 4.69) is 39.0 Å². The molecule has 0 radical (unpaired) electrons. The molecular weight excluding hydrogens is 220 g/mol. The van der Waals surface area contributed by atoms with Crippen molar-refractivity contribution in [3.05, 3.63) is 52.6 Å². The summed E-state index contributed by atoms with van der Waals surface area (Å²) in [7, 11) is 0. The SMILES string of the molecule is CC(C)=CCC1(C)C(=O)C(C)=Cc2ccccc21. The van der Waals surface area contributed by atoms with Gasteiger partial charge in [0.25, 0.3) is 0 Å². The molecule has 0 saturated carbocycles. The van der Waals surface area contributed by atoms with Crippen LogP contribution in [0.4, 0.5) is 0 Å². The van der Waals surface area contributed by atoms with Gasteiger partial charge in [-0.25, -0.2) is 0 Å². The highest BCUT2D eigenvalue weighted by atomic mass is 16.1. The van der Waals surface area contributed by atoms with Crippen LogP contribution in [0.2, 0.25) is 0 Å². The minimum absolute atomic E-state index is 0.249. The fourth-order valence-corrected chi connectivity index (χ4v) is 2.59. The van der Waals surface area contributed by atoms with E-state index in [0.717, 1.165) is 17.6 Å². The average molecular weight is 240 g/mol. The second-order valence-electron chi connectivity index (χ2n) is 5.56. The van der Waals surface area contributed by atoms with Crippen molar-refractivity contribution in [2.75, 3.05) is 0 Å². The monoisotopic (exact) mass is 240 g/mol. The predicted molar refractivity (Wildman–Crippen MR) is 76.5 cm³/mol. The quantitative estimate of drug-likeness (QED) is 0.705. The van der Waals surface area contributed by atoms with E-state index in [1.807, 2.05) is 25.1 Å². The number of hydrogen-bond acceptors (Lipinski definition) is 1. The molecule has 0 spiro atoms. The third-order valence-electron chi connectivity index (χ3n) is 3.71. The van der Waals surface area contributed by atoms with Gasteiger partial charge in [-0.2, -0.15) is 0 Å². The van der Waals surface area contributed by atoms with Crippen LogP contribution in [-0.2, 0) is 10.2 Å².